The molecule has 0 radical (unpaired) electrons. The second kappa shape index (κ2) is 5.00. The largest absolute Gasteiger partial charge is 0.415 e. The highest BCUT2D eigenvalue weighted by Gasteiger charge is 2.45. The highest BCUT2D eigenvalue weighted by molar-refractivity contribution is 6.09. The summed E-state index contributed by atoms with van der Waals surface area (Å²) >= 11 is 0. The Morgan fingerprint density at radius 3 is 2.41 bits per heavy atom. The van der Waals surface area contributed by atoms with Crippen molar-refractivity contribution in [3.05, 3.63) is 42.0 Å². The number of fused-ring (bicyclic) bond motifs is 3. The molecule has 0 fully saturated rings. The molecule has 0 saturated heterocycles. The lowest BCUT2D eigenvalue weighted by atomic mass is 9.95. The summed E-state index contributed by atoms with van der Waals surface area (Å²) in [5.41, 5.74) is 0.831. The number of halogens is 3. The molecule has 1 unspecified atom stereocenters. The van der Waals surface area contributed by atoms with E-state index in [0.29, 0.717) is 11.5 Å². The molecule has 22 heavy (non-hydrogen) atoms. The minimum Gasteiger partial charge on any atom is -0.332 e. The summed E-state index contributed by atoms with van der Waals surface area (Å²) in [6.45, 7) is 3.72. The zero-order chi connectivity index (χ0) is 16.1. The number of hydrogen-bond donors (Lipinski definition) is 0. The Kier molecular flexibility index (Phi) is 3.38. The Morgan fingerprint density at radius 2 is 1.77 bits per heavy atom. The van der Waals surface area contributed by atoms with Crippen LogP contribution in [0.3, 0.4) is 0 Å². The molecule has 1 heterocycles. The minimum atomic E-state index is -4.39. The van der Waals surface area contributed by atoms with E-state index in [0.717, 1.165) is 10.8 Å². The van der Waals surface area contributed by atoms with E-state index in [1.807, 2.05) is 38.1 Å². The van der Waals surface area contributed by atoms with Gasteiger partial charge in [0.2, 0.25) is 0 Å². The van der Waals surface area contributed by atoms with E-state index >= 15 is 0 Å². The molecule has 0 spiro atoms. The van der Waals surface area contributed by atoms with E-state index in [4.69, 9.17) is 0 Å². The van der Waals surface area contributed by atoms with Crippen LogP contribution in [-0.4, -0.2) is 19.1 Å². The van der Waals surface area contributed by atoms with Crippen molar-refractivity contribution in [3.8, 4) is 0 Å². The normalized spacial score (nSPS) is 18.6. The lowest BCUT2D eigenvalue weighted by Gasteiger charge is -2.35. The van der Waals surface area contributed by atoms with Gasteiger partial charge in [-0.2, -0.15) is 13.2 Å². The van der Waals surface area contributed by atoms with Crippen molar-refractivity contribution >= 4 is 22.3 Å². The van der Waals surface area contributed by atoms with Crippen LogP contribution >= 0.6 is 0 Å². The molecule has 5 heteroatoms. The molecule has 1 aliphatic rings. The standard InChI is InChI=1S/C17H17F3N2/c1-10(2)16-21-15(17(18,19)20)13-9-8-11-6-4-5-7-12(11)14(13)22(16)3/h4-10,15H,1-3H3. The van der Waals surface area contributed by atoms with Gasteiger partial charge in [-0.05, 0) is 5.39 Å². The van der Waals surface area contributed by atoms with Crippen LogP contribution in [0.1, 0.15) is 25.5 Å². The molecule has 0 aromatic heterocycles. The number of amidine groups is 1. The molecule has 1 aliphatic heterocycles. The Labute approximate surface area is 127 Å². The molecule has 0 aliphatic carbocycles. The summed E-state index contributed by atoms with van der Waals surface area (Å²) in [4.78, 5) is 5.80. The average Bonchev–Trinajstić information content (AvgIpc) is 2.45. The van der Waals surface area contributed by atoms with Gasteiger partial charge >= 0.3 is 6.18 Å². The zero-order valence-corrected chi connectivity index (χ0v) is 12.6. The predicted octanol–water partition coefficient (Wildman–Crippen LogP) is 4.95. The first-order valence-electron chi connectivity index (χ1n) is 7.20. The van der Waals surface area contributed by atoms with Crippen LogP contribution in [0.25, 0.3) is 10.8 Å². The van der Waals surface area contributed by atoms with Gasteiger partial charge in [-0.15, -0.1) is 0 Å². The molecule has 3 rings (SSSR count). The first-order chi connectivity index (χ1) is 10.3. The number of anilines is 1. The number of rotatable bonds is 1. The Balaban J connectivity index is 2.32. The van der Waals surface area contributed by atoms with Crippen LogP contribution in [0.2, 0.25) is 0 Å². The topological polar surface area (TPSA) is 15.6 Å². The van der Waals surface area contributed by atoms with Crippen LogP contribution in [0.4, 0.5) is 18.9 Å². The SMILES string of the molecule is CC(C)C1=NC(C(F)(F)F)c2ccc3ccccc3c2N1C. The summed E-state index contributed by atoms with van der Waals surface area (Å²) < 4.78 is 40.4. The van der Waals surface area contributed by atoms with Gasteiger partial charge in [0, 0.05) is 23.9 Å². The van der Waals surface area contributed by atoms with Crippen LogP contribution in [0.5, 0.6) is 0 Å². The first-order valence-corrected chi connectivity index (χ1v) is 7.20. The molecule has 1 atom stereocenters. The highest BCUT2D eigenvalue weighted by Crippen LogP contribution is 2.46. The van der Waals surface area contributed by atoms with Crippen molar-refractivity contribution in [2.24, 2.45) is 10.9 Å². The average molecular weight is 306 g/mol. The van der Waals surface area contributed by atoms with Gasteiger partial charge in [0.25, 0.3) is 0 Å². The van der Waals surface area contributed by atoms with Gasteiger partial charge in [-0.25, -0.2) is 0 Å². The molecular weight excluding hydrogens is 289 g/mol. The molecule has 116 valence electrons. The predicted molar refractivity (Wildman–Crippen MR) is 83.4 cm³/mol. The third-order valence-electron chi connectivity index (χ3n) is 3.99. The quantitative estimate of drug-likeness (QED) is 0.728. The lowest BCUT2D eigenvalue weighted by Crippen LogP contribution is -2.38. The van der Waals surface area contributed by atoms with E-state index in [2.05, 4.69) is 4.99 Å². The van der Waals surface area contributed by atoms with Crippen molar-refractivity contribution in [1.29, 1.82) is 0 Å². The van der Waals surface area contributed by atoms with E-state index in [-0.39, 0.29) is 11.5 Å². The van der Waals surface area contributed by atoms with Crippen molar-refractivity contribution in [3.63, 3.8) is 0 Å². The Bertz CT molecular complexity index is 747. The second-order valence-electron chi connectivity index (χ2n) is 5.87. The van der Waals surface area contributed by atoms with E-state index in [1.165, 1.54) is 0 Å². The van der Waals surface area contributed by atoms with Gasteiger partial charge in [-0.3, -0.25) is 4.99 Å². The molecule has 0 saturated carbocycles. The van der Waals surface area contributed by atoms with Gasteiger partial charge in [0.05, 0.1) is 5.69 Å². The smallest absolute Gasteiger partial charge is 0.332 e. The molecule has 2 aromatic rings. The number of nitrogens with zero attached hydrogens (tertiary/aromatic N) is 2. The van der Waals surface area contributed by atoms with Gasteiger partial charge in [0.1, 0.15) is 5.84 Å². The third kappa shape index (κ3) is 2.25. The molecule has 0 N–H and O–H groups in total. The Hall–Kier alpha value is -2.04. The second-order valence-corrected chi connectivity index (χ2v) is 5.87. The van der Waals surface area contributed by atoms with Crippen LogP contribution < -0.4 is 4.90 Å². The van der Waals surface area contributed by atoms with E-state index in [9.17, 15) is 13.2 Å². The van der Waals surface area contributed by atoms with Crippen molar-refractivity contribution in [2.75, 3.05) is 11.9 Å². The number of aliphatic imine (C=N–C) groups is 1. The molecule has 2 aromatic carbocycles. The number of alkyl halides is 3. The fourth-order valence-electron chi connectivity index (χ4n) is 3.06. The minimum absolute atomic E-state index is 0.0815. The van der Waals surface area contributed by atoms with Gasteiger partial charge in [-0.1, -0.05) is 50.2 Å². The summed E-state index contributed by atoms with van der Waals surface area (Å²) in [7, 11) is 1.79. The van der Waals surface area contributed by atoms with Crippen LogP contribution in [0.15, 0.2) is 41.4 Å². The fourth-order valence-corrected chi connectivity index (χ4v) is 3.06. The zero-order valence-electron chi connectivity index (χ0n) is 12.6. The van der Waals surface area contributed by atoms with Gasteiger partial charge in [0.15, 0.2) is 6.04 Å². The maximum atomic E-state index is 13.5. The maximum absolute atomic E-state index is 13.5. The summed E-state index contributed by atoms with van der Waals surface area (Å²) in [5.74, 6) is 0.383. The third-order valence-corrected chi connectivity index (χ3v) is 3.99. The summed E-state index contributed by atoms with van der Waals surface area (Å²) in [6.07, 6.45) is -4.39. The van der Waals surface area contributed by atoms with E-state index < -0.39 is 12.2 Å². The first kappa shape index (κ1) is 14.9. The van der Waals surface area contributed by atoms with Crippen molar-refractivity contribution in [1.82, 2.24) is 0 Å². The molecule has 0 amide bonds. The fraction of sp³-hybridized carbons (Fsp3) is 0.353. The van der Waals surface area contributed by atoms with Crippen LogP contribution in [-0.2, 0) is 0 Å². The van der Waals surface area contributed by atoms with Gasteiger partial charge < -0.3 is 4.90 Å². The highest BCUT2D eigenvalue weighted by atomic mass is 19.4. The Morgan fingerprint density at radius 1 is 1.09 bits per heavy atom. The lowest BCUT2D eigenvalue weighted by molar-refractivity contribution is -0.148. The molecule has 2 nitrogen and oxygen atoms in total. The number of hydrogen-bond acceptors (Lipinski definition) is 2. The number of benzene rings is 2. The van der Waals surface area contributed by atoms with Crippen molar-refractivity contribution < 1.29 is 13.2 Å². The molecule has 0 bridgehead atoms. The monoisotopic (exact) mass is 306 g/mol. The summed E-state index contributed by atoms with van der Waals surface area (Å²) in [5, 5.41) is 1.75. The van der Waals surface area contributed by atoms with Crippen LogP contribution in [0, 0.1) is 5.92 Å². The maximum Gasteiger partial charge on any atom is 0.415 e. The van der Waals surface area contributed by atoms with E-state index in [1.54, 1.807) is 24.1 Å². The molecular formula is C17H17F3N2. The summed E-state index contributed by atoms with van der Waals surface area (Å²) in [6, 6.07) is 8.99. The van der Waals surface area contributed by atoms with Crippen molar-refractivity contribution in [2.45, 2.75) is 26.1 Å².